The van der Waals surface area contributed by atoms with Crippen LogP contribution >= 0.6 is 12.4 Å². The smallest absolute Gasteiger partial charge is 0.220 e. The highest BCUT2D eigenvalue weighted by atomic mass is 35.5. The summed E-state index contributed by atoms with van der Waals surface area (Å²) >= 11 is 0. The number of carbonyl (C=O) groups is 1. The van der Waals surface area contributed by atoms with Crippen LogP contribution in [-0.2, 0) is 4.79 Å². The number of benzene rings is 1. The normalized spacial score (nSPS) is 34.2. The quantitative estimate of drug-likeness (QED) is 0.843. The summed E-state index contributed by atoms with van der Waals surface area (Å²) in [6.45, 7) is 0. The summed E-state index contributed by atoms with van der Waals surface area (Å²) < 4.78 is 0. The van der Waals surface area contributed by atoms with Crippen molar-refractivity contribution in [1.82, 2.24) is 10.6 Å². The molecule has 3 nitrogen and oxygen atoms in total. The lowest BCUT2D eigenvalue weighted by Crippen LogP contribution is -2.48. The van der Waals surface area contributed by atoms with E-state index in [-0.39, 0.29) is 12.4 Å². The Morgan fingerprint density at radius 2 is 1.60 bits per heavy atom. The van der Waals surface area contributed by atoms with E-state index >= 15 is 0 Å². The Morgan fingerprint density at radius 3 is 2.24 bits per heavy atom. The Hall–Kier alpha value is -1.06. The van der Waals surface area contributed by atoms with Crippen LogP contribution in [-0.4, -0.2) is 24.0 Å². The molecule has 4 heteroatoms. The molecule has 4 rings (SSSR count). The molecule has 138 valence electrons. The van der Waals surface area contributed by atoms with Crippen LogP contribution in [0.1, 0.15) is 69.3 Å². The molecular formula is C21H31ClN2O. The van der Waals surface area contributed by atoms with Crippen molar-refractivity contribution in [2.75, 3.05) is 0 Å². The number of amides is 1. The monoisotopic (exact) mass is 362 g/mol. The van der Waals surface area contributed by atoms with E-state index in [1.165, 1.54) is 44.1 Å². The molecule has 2 unspecified atom stereocenters. The van der Waals surface area contributed by atoms with Crippen LogP contribution in [0.4, 0.5) is 0 Å². The van der Waals surface area contributed by atoms with E-state index in [0.717, 1.165) is 19.3 Å². The number of piperidine rings is 1. The minimum Gasteiger partial charge on any atom is -0.353 e. The van der Waals surface area contributed by atoms with E-state index in [0.29, 0.717) is 35.9 Å². The van der Waals surface area contributed by atoms with E-state index in [1.54, 1.807) is 0 Å². The highest BCUT2D eigenvalue weighted by Crippen LogP contribution is 2.37. The predicted octanol–water partition coefficient (Wildman–Crippen LogP) is 4.17. The average molecular weight is 363 g/mol. The summed E-state index contributed by atoms with van der Waals surface area (Å²) in [5, 5.41) is 6.97. The summed E-state index contributed by atoms with van der Waals surface area (Å²) in [6.07, 6.45) is 10.4. The third-order valence-corrected chi connectivity index (χ3v) is 6.43. The first kappa shape index (κ1) is 18.7. The Balaban J connectivity index is 0.00000182. The highest BCUT2D eigenvalue weighted by molar-refractivity contribution is 5.85. The zero-order valence-electron chi connectivity index (χ0n) is 15.0. The Bertz CT molecular complexity index is 544. The average Bonchev–Trinajstić information content (AvgIpc) is 2.95. The zero-order valence-corrected chi connectivity index (χ0v) is 15.8. The molecule has 0 spiro atoms. The van der Waals surface area contributed by atoms with Gasteiger partial charge in [0.1, 0.15) is 0 Å². The van der Waals surface area contributed by atoms with Gasteiger partial charge in [-0.2, -0.15) is 0 Å². The van der Waals surface area contributed by atoms with Gasteiger partial charge in [0.05, 0.1) is 0 Å². The molecule has 1 amide bonds. The molecule has 0 radical (unpaired) electrons. The van der Waals surface area contributed by atoms with Crippen molar-refractivity contribution in [3.05, 3.63) is 35.9 Å². The maximum atomic E-state index is 12.4. The van der Waals surface area contributed by atoms with Crippen LogP contribution < -0.4 is 10.6 Å². The molecule has 2 N–H and O–H groups in total. The lowest BCUT2D eigenvalue weighted by atomic mass is 9.77. The largest absolute Gasteiger partial charge is 0.353 e. The fourth-order valence-electron chi connectivity index (χ4n) is 5.15. The number of carbonyl (C=O) groups excluding carboxylic acids is 1. The van der Waals surface area contributed by atoms with Crippen LogP contribution in [0.15, 0.2) is 30.3 Å². The molecule has 1 aromatic rings. The van der Waals surface area contributed by atoms with Gasteiger partial charge in [-0.1, -0.05) is 30.3 Å². The van der Waals surface area contributed by atoms with Gasteiger partial charge in [0.15, 0.2) is 0 Å². The molecule has 2 heterocycles. The van der Waals surface area contributed by atoms with Gasteiger partial charge < -0.3 is 10.6 Å². The van der Waals surface area contributed by atoms with Crippen molar-refractivity contribution in [1.29, 1.82) is 0 Å². The first-order valence-corrected chi connectivity index (χ1v) is 9.86. The van der Waals surface area contributed by atoms with Gasteiger partial charge in [0.2, 0.25) is 5.91 Å². The number of rotatable bonds is 4. The van der Waals surface area contributed by atoms with Crippen molar-refractivity contribution >= 4 is 18.3 Å². The number of nitrogens with one attached hydrogen (secondary N) is 2. The van der Waals surface area contributed by atoms with Crippen LogP contribution in [0.3, 0.4) is 0 Å². The van der Waals surface area contributed by atoms with Gasteiger partial charge in [-0.15, -0.1) is 12.4 Å². The Kier molecular flexibility index (Phi) is 6.40. The van der Waals surface area contributed by atoms with Gasteiger partial charge in [-0.25, -0.2) is 0 Å². The second-order valence-corrected chi connectivity index (χ2v) is 8.21. The number of hydrogen-bond acceptors (Lipinski definition) is 2. The van der Waals surface area contributed by atoms with E-state index in [4.69, 9.17) is 0 Å². The molecule has 1 saturated carbocycles. The number of halogens is 1. The van der Waals surface area contributed by atoms with Crippen LogP contribution in [0.5, 0.6) is 0 Å². The van der Waals surface area contributed by atoms with Crippen molar-refractivity contribution < 1.29 is 4.79 Å². The van der Waals surface area contributed by atoms with Gasteiger partial charge in [0.25, 0.3) is 0 Å². The van der Waals surface area contributed by atoms with E-state index in [9.17, 15) is 4.79 Å². The van der Waals surface area contributed by atoms with E-state index in [2.05, 4.69) is 41.0 Å². The molecule has 2 bridgehead atoms. The summed E-state index contributed by atoms with van der Waals surface area (Å²) in [6, 6.07) is 12.6. The minimum absolute atomic E-state index is 0. The molecule has 2 saturated heterocycles. The summed E-state index contributed by atoms with van der Waals surface area (Å²) in [5.74, 6) is 1.58. The van der Waals surface area contributed by atoms with E-state index in [1.807, 2.05) is 0 Å². The Labute approximate surface area is 157 Å². The van der Waals surface area contributed by atoms with Crippen molar-refractivity contribution in [3.63, 3.8) is 0 Å². The number of fused-ring (bicyclic) bond motifs is 2. The van der Waals surface area contributed by atoms with Crippen molar-refractivity contribution in [2.24, 2.45) is 5.92 Å². The lowest BCUT2D eigenvalue weighted by Gasteiger charge is -2.31. The number of hydrogen-bond donors (Lipinski definition) is 2. The zero-order chi connectivity index (χ0) is 16.4. The summed E-state index contributed by atoms with van der Waals surface area (Å²) in [4.78, 5) is 12.4. The van der Waals surface area contributed by atoms with E-state index < -0.39 is 0 Å². The van der Waals surface area contributed by atoms with Crippen LogP contribution in [0, 0.1) is 5.92 Å². The minimum atomic E-state index is 0. The van der Waals surface area contributed by atoms with Crippen molar-refractivity contribution in [3.8, 4) is 0 Å². The van der Waals surface area contributed by atoms with Gasteiger partial charge in [-0.05, 0) is 68.8 Å². The second-order valence-electron chi connectivity index (χ2n) is 8.21. The van der Waals surface area contributed by atoms with Gasteiger partial charge in [-0.3, -0.25) is 4.79 Å². The van der Waals surface area contributed by atoms with Gasteiger partial charge >= 0.3 is 0 Å². The molecule has 2 aliphatic heterocycles. The fraction of sp³-hybridized carbons (Fsp3) is 0.667. The lowest BCUT2D eigenvalue weighted by molar-refractivity contribution is -0.123. The highest BCUT2D eigenvalue weighted by Gasteiger charge is 2.34. The molecule has 3 aliphatic rings. The first-order chi connectivity index (χ1) is 11.8. The molecule has 2 atom stereocenters. The molecule has 3 fully saturated rings. The maximum absolute atomic E-state index is 12.4. The second kappa shape index (κ2) is 8.55. The third-order valence-electron chi connectivity index (χ3n) is 6.43. The predicted molar refractivity (Wildman–Crippen MR) is 104 cm³/mol. The first-order valence-electron chi connectivity index (χ1n) is 9.86. The molecule has 0 aromatic heterocycles. The summed E-state index contributed by atoms with van der Waals surface area (Å²) in [5.41, 5.74) is 1.48. The van der Waals surface area contributed by atoms with Crippen LogP contribution in [0.25, 0.3) is 0 Å². The maximum Gasteiger partial charge on any atom is 0.220 e. The summed E-state index contributed by atoms with van der Waals surface area (Å²) in [7, 11) is 0. The molecule has 1 aliphatic carbocycles. The van der Waals surface area contributed by atoms with Gasteiger partial charge in [0, 0.05) is 24.5 Å². The van der Waals surface area contributed by atoms with Crippen LogP contribution in [0.2, 0.25) is 0 Å². The SMILES string of the molecule is Cl.O=C(CC1CCC(c2ccccc2)CC1)NC1CC2CCC(C1)N2. The standard InChI is InChI=1S/C21H30N2O.ClH/c24-21(23-20-13-18-10-11-19(14-20)22-18)12-15-6-8-17(9-7-15)16-4-2-1-3-5-16;/h1-5,15,17-20,22H,6-14H2,(H,23,24);1H. The molecular weight excluding hydrogens is 332 g/mol. The third kappa shape index (κ3) is 4.77. The molecule has 1 aromatic carbocycles. The van der Waals surface area contributed by atoms with Crippen molar-refractivity contribution in [2.45, 2.75) is 81.8 Å². The Morgan fingerprint density at radius 1 is 0.960 bits per heavy atom. The fourth-order valence-corrected chi connectivity index (χ4v) is 5.15. The topological polar surface area (TPSA) is 41.1 Å². The molecule has 25 heavy (non-hydrogen) atoms.